The van der Waals surface area contributed by atoms with E-state index < -0.39 is 97.5 Å². The van der Waals surface area contributed by atoms with Crippen molar-refractivity contribution in [3.05, 3.63) is 97.2 Å². The number of carbonyl (C=O) groups is 4. The van der Waals surface area contributed by atoms with Crippen LogP contribution in [0.1, 0.15) is 336 Å². The first kappa shape index (κ1) is 96.0. The van der Waals surface area contributed by atoms with Crippen LogP contribution in [0.15, 0.2) is 97.2 Å². The molecular formula is C81H142O17P2. The summed E-state index contributed by atoms with van der Waals surface area (Å²) in [5.41, 5.74) is 0. The third kappa shape index (κ3) is 72.3. The summed E-state index contributed by atoms with van der Waals surface area (Å²) in [6.45, 7) is 4.69. The second-order valence-electron chi connectivity index (χ2n) is 26.3. The second-order valence-corrected chi connectivity index (χ2v) is 29.2. The topological polar surface area (TPSA) is 237 Å². The van der Waals surface area contributed by atoms with E-state index in [2.05, 4.69) is 125 Å². The Bertz CT molecular complexity index is 2270. The van der Waals surface area contributed by atoms with Crippen LogP contribution in [0.4, 0.5) is 0 Å². The Morgan fingerprint density at radius 2 is 0.520 bits per heavy atom. The first-order valence-electron chi connectivity index (χ1n) is 39.5. The van der Waals surface area contributed by atoms with Crippen LogP contribution < -0.4 is 0 Å². The normalized spacial score (nSPS) is 14.4. The average molecular weight is 1450 g/mol. The average Bonchev–Trinajstić information content (AvgIpc) is 1.01. The summed E-state index contributed by atoms with van der Waals surface area (Å²) < 4.78 is 68.5. The molecule has 100 heavy (non-hydrogen) atoms. The third-order valence-electron chi connectivity index (χ3n) is 16.5. The molecule has 0 bridgehead atoms. The highest BCUT2D eigenvalue weighted by Crippen LogP contribution is 2.45. The highest BCUT2D eigenvalue weighted by molar-refractivity contribution is 7.47. The van der Waals surface area contributed by atoms with Gasteiger partial charge in [-0.1, -0.05) is 260 Å². The second kappa shape index (κ2) is 73.3. The number of unbranched alkanes of at least 4 members (excludes halogenated alkanes) is 32. The van der Waals surface area contributed by atoms with E-state index >= 15 is 0 Å². The molecule has 5 atom stereocenters. The van der Waals surface area contributed by atoms with Gasteiger partial charge in [-0.2, -0.15) is 0 Å². The van der Waals surface area contributed by atoms with Gasteiger partial charge in [0.25, 0.3) is 0 Å². The van der Waals surface area contributed by atoms with Gasteiger partial charge in [-0.05, 0) is 148 Å². The van der Waals surface area contributed by atoms with Crippen LogP contribution in [0.5, 0.6) is 0 Å². The van der Waals surface area contributed by atoms with E-state index in [0.29, 0.717) is 25.7 Å². The molecule has 0 aliphatic carbocycles. The minimum absolute atomic E-state index is 0.0540. The van der Waals surface area contributed by atoms with Gasteiger partial charge in [0.05, 0.1) is 26.4 Å². The molecule has 0 saturated carbocycles. The fourth-order valence-electron chi connectivity index (χ4n) is 10.5. The smallest absolute Gasteiger partial charge is 0.462 e. The summed E-state index contributed by atoms with van der Waals surface area (Å²) in [4.78, 5) is 72.9. The number of hydrogen-bond donors (Lipinski definition) is 3. The monoisotopic (exact) mass is 1450 g/mol. The van der Waals surface area contributed by atoms with Gasteiger partial charge in [-0.3, -0.25) is 37.3 Å². The minimum atomic E-state index is -4.99. The van der Waals surface area contributed by atoms with E-state index in [-0.39, 0.29) is 25.7 Å². The lowest BCUT2D eigenvalue weighted by Crippen LogP contribution is -2.30. The molecule has 0 amide bonds. The maximum atomic E-state index is 13.1. The van der Waals surface area contributed by atoms with Crippen molar-refractivity contribution in [3.63, 3.8) is 0 Å². The summed E-state index contributed by atoms with van der Waals surface area (Å²) >= 11 is 0. The van der Waals surface area contributed by atoms with Gasteiger partial charge in [0, 0.05) is 25.7 Å². The summed E-state index contributed by atoms with van der Waals surface area (Å²) in [6.07, 6.45) is 76.7. The maximum absolute atomic E-state index is 13.1. The van der Waals surface area contributed by atoms with Crippen molar-refractivity contribution >= 4 is 39.5 Å². The zero-order chi connectivity index (χ0) is 73.2. The lowest BCUT2D eigenvalue weighted by Gasteiger charge is -2.21. The number of aliphatic hydroxyl groups excluding tert-OH is 1. The molecule has 0 saturated heterocycles. The first-order valence-corrected chi connectivity index (χ1v) is 42.5. The maximum Gasteiger partial charge on any atom is 0.472 e. The highest BCUT2D eigenvalue weighted by Gasteiger charge is 2.30. The van der Waals surface area contributed by atoms with E-state index in [4.69, 9.17) is 37.0 Å². The fourth-order valence-corrected chi connectivity index (χ4v) is 12.0. The van der Waals surface area contributed by atoms with Crippen molar-refractivity contribution in [2.75, 3.05) is 39.6 Å². The molecule has 0 fully saturated rings. The van der Waals surface area contributed by atoms with Crippen LogP contribution in [0, 0.1) is 0 Å². The lowest BCUT2D eigenvalue weighted by atomic mass is 10.1. The predicted molar refractivity (Wildman–Crippen MR) is 409 cm³/mol. The van der Waals surface area contributed by atoms with Crippen molar-refractivity contribution in [1.82, 2.24) is 0 Å². The molecule has 17 nitrogen and oxygen atoms in total. The summed E-state index contributed by atoms with van der Waals surface area (Å²) in [5.74, 6) is -2.23. The Balaban J connectivity index is 5.39. The highest BCUT2D eigenvalue weighted by atomic mass is 31.2. The SMILES string of the molecule is CC/C=C\C/C=C\C/C=C\C/C=C\C/C=C\CCCCCC(=O)O[C@H](COC(=O)CCCCCCC/C=C\CCCCCC)COP(=O)(O)OC[C@@H](O)COP(=O)(O)OC[C@@H](COC(=O)CCCCCCC/C=C\CCCCCC)OC(=O)CCCCCCC/C=C\CCCCCCCC. The van der Waals surface area contributed by atoms with Crippen molar-refractivity contribution in [2.45, 2.75) is 354 Å². The molecule has 0 aromatic heterocycles. The van der Waals surface area contributed by atoms with Crippen molar-refractivity contribution < 1.29 is 80.2 Å². The molecule has 0 aliphatic rings. The lowest BCUT2D eigenvalue weighted by molar-refractivity contribution is -0.161. The largest absolute Gasteiger partial charge is 0.472 e. The number of hydrogen-bond acceptors (Lipinski definition) is 15. The Labute approximate surface area is 607 Å². The van der Waals surface area contributed by atoms with Crippen LogP contribution in [0.25, 0.3) is 0 Å². The Hall–Kier alpha value is -4.02. The van der Waals surface area contributed by atoms with Crippen molar-refractivity contribution in [1.29, 1.82) is 0 Å². The Kier molecular flexibility index (Phi) is 70.4. The quantitative estimate of drug-likeness (QED) is 0.0169. The number of rotatable bonds is 74. The summed E-state index contributed by atoms with van der Waals surface area (Å²) in [5, 5.41) is 10.6. The summed E-state index contributed by atoms with van der Waals surface area (Å²) in [6, 6.07) is 0. The molecule has 0 aromatic carbocycles. The van der Waals surface area contributed by atoms with Gasteiger partial charge in [0.2, 0.25) is 0 Å². The zero-order valence-corrected chi connectivity index (χ0v) is 64.9. The number of phosphoric ester groups is 2. The first-order chi connectivity index (χ1) is 48.7. The van der Waals surface area contributed by atoms with Crippen molar-refractivity contribution in [2.24, 2.45) is 0 Å². The van der Waals surface area contributed by atoms with Gasteiger partial charge >= 0.3 is 39.5 Å². The van der Waals surface area contributed by atoms with Crippen LogP contribution in [0.2, 0.25) is 0 Å². The van der Waals surface area contributed by atoms with Gasteiger partial charge in [0.1, 0.15) is 19.3 Å². The van der Waals surface area contributed by atoms with Crippen LogP contribution in [-0.2, 0) is 65.4 Å². The van der Waals surface area contributed by atoms with E-state index in [0.717, 1.165) is 167 Å². The van der Waals surface area contributed by atoms with Crippen LogP contribution >= 0.6 is 15.6 Å². The number of aliphatic hydroxyl groups is 1. The van der Waals surface area contributed by atoms with Crippen LogP contribution in [-0.4, -0.2) is 96.7 Å². The van der Waals surface area contributed by atoms with E-state index in [1.54, 1.807) is 0 Å². The molecule has 0 heterocycles. The number of esters is 4. The molecule has 0 rings (SSSR count). The molecule has 578 valence electrons. The molecule has 0 aliphatic heterocycles. The molecule has 0 spiro atoms. The predicted octanol–water partition coefficient (Wildman–Crippen LogP) is 22.8. The van der Waals surface area contributed by atoms with Gasteiger partial charge in [-0.25, -0.2) is 9.13 Å². The molecule has 3 N–H and O–H groups in total. The fraction of sp³-hybridized carbons (Fsp3) is 0.753. The Morgan fingerprint density at radius 1 is 0.290 bits per heavy atom. The number of ether oxygens (including phenoxy) is 4. The van der Waals surface area contributed by atoms with Gasteiger partial charge < -0.3 is 33.8 Å². The zero-order valence-electron chi connectivity index (χ0n) is 63.1. The van der Waals surface area contributed by atoms with E-state index in [1.165, 1.54) is 89.9 Å². The number of allylic oxidation sites excluding steroid dienone is 16. The number of phosphoric acid groups is 2. The van der Waals surface area contributed by atoms with Crippen LogP contribution in [0.3, 0.4) is 0 Å². The molecular weight excluding hydrogens is 1310 g/mol. The van der Waals surface area contributed by atoms with Gasteiger partial charge in [-0.15, -0.1) is 0 Å². The molecule has 2 unspecified atom stereocenters. The van der Waals surface area contributed by atoms with E-state index in [9.17, 15) is 43.2 Å². The Morgan fingerprint density at radius 3 is 0.830 bits per heavy atom. The standard InChI is InChI=1S/C81H142O17P2/c1-5-9-13-17-21-25-29-33-35-36-37-38-40-44-48-52-56-60-64-68-81(86)98-77(72-92-79(84)66-62-58-54-50-46-42-32-28-24-20-16-12-8-4)74-96-100(89,90)94-70-75(82)69-93-99(87,88)95-73-76(71-91-78(83)65-61-57-53-49-45-41-31-27-23-19-15-11-7-3)97-80(85)67-63-59-55-51-47-43-39-34-30-26-22-18-14-10-6-2/h9,13,21,25,27-28,31-35,37-39,44,48,75-77,82H,5-8,10-12,14-20,22-24,26,29-30,36,40-43,45-47,49-74H2,1-4H3,(H,87,88)(H,89,90)/b13-9-,25-21-,31-27-,32-28-,35-33-,38-37-,39-34-,48-44-/t75-,76+,77+/m0/s1. The molecule has 0 aromatic rings. The third-order valence-corrected chi connectivity index (χ3v) is 18.4. The summed E-state index contributed by atoms with van der Waals surface area (Å²) in [7, 11) is -9.96. The molecule has 19 heteroatoms. The number of carbonyl (C=O) groups excluding carboxylic acids is 4. The minimum Gasteiger partial charge on any atom is -0.462 e. The molecule has 0 radical (unpaired) electrons. The van der Waals surface area contributed by atoms with Crippen molar-refractivity contribution in [3.8, 4) is 0 Å². The van der Waals surface area contributed by atoms with Gasteiger partial charge in [0.15, 0.2) is 12.2 Å². The van der Waals surface area contributed by atoms with E-state index in [1.807, 2.05) is 0 Å².